The molecule has 2 heteroatoms. The molecule has 0 amide bonds. The Kier molecular flexibility index (Phi) is 2.73. The van der Waals surface area contributed by atoms with Gasteiger partial charge in [0, 0.05) is 24.7 Å². The minimum absolute atomic E-state index is 0.742. The molecule has 2 N–H and O–H groups in total. The Balaban J connectivity index is 1.73. The molecule has 2 aliphatic carbocycles. The summed E-state index contributed by atoms with van der Waals surface area (Å²) in [4.78, 5) is 2.84. The topological polar surface area (TPSA) is 29.3 Å². The normalized spacial score (nSPS) is 42.6. The van der Waals surface area contributed by atoms with E-state index in [9.17, 15) is 0 Å². The Labute approximate surface area is 93.2 Å². The van der Waals surface area contributed by atoms with Crippen LogP contribution < -0.4 is 5.73 Å². The molecule has 2 nitrogen and oxygen atoms in total. The molecule has 3 unspecified atom stereocenters. The van der Waals surface area contributed by atoms with Crippen LogP contribution in [-0.2, 0) is 0 Å². The maximum absolute atomic E-state index is 5.98. The minimum atomic E-state index is 0.742. The Bertz CT molecular complexity index is 223. The zero-order valence-electron chi connectivity index (χ0n) is 9.70. The van der Waals surface area contributed by atoms with Gasteiger partial charge in [-0.2, -0.15) is 0 Å². The summed E-state index contributed by atoms with van der Waals surface area (Å²) in [5, 5.41) is 0. The average Bonchev–Trinajstić information content (AvgIpc) is 2.89. The summed E-state index contributed by atoms with van der Waals surface area (Å²) in [5.41, 5.74) is 5.98. The van der Waals surface area contributed by atoms with Crippen molar-refractivity contribution in [2.45, 2.75) is 69.5 Å². The highest BCUT2D eigenvalue weighted by Crippen LogP contribution is 2.45. The van der Waals surface area contributed by atoms with E-state index in [0.29, 0.717) is 0 Å². The summed E-state index contributed by atoms with van der Waals surface area (Å²) in [5.74, 6) is 0.946. The van der Waals surface area contributed by atoms with Crippen molar-refractivity contribution in [2.24, 2.45) is 11.7 Å². The zero-order chi connectivity index (χ0) is 10.3. The third-order valence-electron chi connectivity index (χ3n) is 5.03. The molecular formula is C13H24N2. The molecule has 86 valence electrons. The zero-order valence-corrected chi connectivity index (χ0v) is 9.70. The summed E-state index contributed by atoms with van der Waals surface area (Å²) in [6.45, 7) is 0.900. The fourth-order valence-electron chi connectivity index (χ4n) is 4.39. The summed E-state index contributed by atoms with van der Waals surface area (Å²) < 4.78 is 0. The predicted octanol–water partition coefficient (Wildman–Crippen LogP) is 2.13. The fourth-order valence-corrected chi connectivity index (χ4v) is 4.39. The number of hydrogen-bond donors (Lipinski definition) is 1. The molecule has 0 aromatic carbocycles. The standard InChI is InChI=1S/C13H24N2/c14-9-13-10-6-7-12(8-10)15(13)11-4-2-1-3-5-11/h10-13H,1-9,14H2. The molecular weight excluding hydrogens is 184 g/mol. The first-order valence-corrected chi connectivity index (χ1v) is 6.87. The molecule has 0 aromatic heterocycles. The van der Waals surface area contributed by atoms with Gasteiger partial charge >= 0.3 is 0 Å². The first-order valence-electron chi connectivity index (χ1n) is 6.87. The molecule has 1 aliphatic heterocycles. The second-order valence-corrected chi connectivity index (χ2v) is 5.77. The number of nitrogens with zero attached hydrogens (tertiary/aromatic N) is 1. The van der Waals surface area contributed by atoms with Crippen molar-refractivity contribution < 1.29 is 0 Å². The Morgan fingerprint density at radius 1 is 0.933 bits per heavy atom. The molecule has 15 heavy (non-hydrogen) atoms. The van der Waals surface area contributed by atoms with Crippen molar-refractivity contribution >= 4 is 0 Å². The lowest BCUT2D eigenvalue weighted by atomic mass is 9.90. The maximum atomic E-state index is 5.98. The SMILES string of the molecule is NCC1C2CCC(C2)N1C1CCCCC1. The van der Waals surface area contributed by atoms with E-state index in [4.69, 9.17) is 5.73 Å². The van der Waals surface area contributed by atoms with E-state index < -0.39 is 0 Å². The van der Waals surface area contributed by atoms with Gasteiger partial charge in [-0.1, -0.05) is 19.3 Å². The second kappa shape index (κ2) is 4.06. The van der Waals surface area contributed by atoms with Crippen molar-refractivity contribution in [1.29, 1.82) is 0 Å². The molecule has 0 radical (unpaired) electrons. The van der Waals surface area contributed by atoms with Crippen LogP contribution in [0.5, 0.6) is 0 Å². The van der Waals surface area contributed by atoms with Crippen LogP contribution in [0.3, 0.4) is 0 Å². The minimum Gasteiger partial charge on any atom is -0.329 e. The van der Waals surface area contributed by atoms with Gasteiger partial charge in [0.15, 0.2) is 0 Å². The maximum Gasteiger partial charge on any atom is 0.0253 e. The Morgan fingerprint density at radius 3 is 2.47 bits per heavy atom. The third kappa shape index (κ3) is 1.62. The number of likely N-dealkylation sites (tertiary alicyclic amines) is 1. The molecule has 2 saturated carbocycles. The van der Waals surface area contributed by atoms with Crippen LogP contribution in [0.4, 0.5) is 0 Å². The van der Waals surface area contributed by atoms with E-state index in [0.717, 1.165) is 30.6 Å². The Hall–Kier alpha value is -0.0800. The molecule has 0 spiro atoms. The third-order valence-corrected chi connectivity index (χ3v) is 5.03. The van der Waals surface area contributed by atoms with Crippen molar-refractivity contribution in [3.63, 3.8) is 0 Å². The lowest BCUT2D eigenvalue weighted by Crippen LogP contribution is -2.51. The molecule has 3 rings (SSSR count). The van der Waals surface area contributed by atoms with Crippen LogP contribution in [-0.4, -0.2) is 29.6 Å². The lowest BCUT2D eigenvalue weighted by molar-refractivity contribution is 0.0683. The molecule has 1 heterocycles. The van der Waals surface area contributed by atoms with Crippen LogP contribution >= 0.6 is 0 Å². The lowest BCUT2D eigenvalue weighted by Gasteiger charge is -2.42. The van der Waals surface area contributed by atoms with Gasteiger partial charge in [-0.3, -0.25) is 4.90 Å². The van der Waals surface area contributed by atoms with E-state index in [2.05, 4.69) is 4.90 Å². The van der Waals surface area contributed by atoms with Gasteiger partial charge in [-0.25, -0.2) is 0 Å². The molecule has 3 fully saturated rings. The van der Waals surface area contributed by atoms with Crippen molar-refractivity contribution in [3.05, 3.63) is 0 Å². The van der Waals surface area contributed by atoms with Gasteiger partial charge in [0.05, 0.1) is 0 Å². The van der Waals surface area contributed by atoms with Gasteiger partial charge in [-0.15, -0.1) is 0 Å². The van der Waals surface area contributed by atoms with Crippen LogP contribution in [0, 0.1) is 5.92 Å². The number of nitrogens with two attached hydrogens (primary N) is 1. The first kappa shape index (κ1) is 10.1. The van der Waals surface area contributed by atoms with Gasteiger partial charge in [0.1, 0.15) is 0 Å². The molecule has 1 saturated heterocycles. The van der Waals surface area contributed by atoms with Crippen molar-refractivity contribution in [1.82, 2.24) is 4.90 Å². The highest BCUT2D eigenvalue weighted by Gasteiger charge is 2.47. The van der Waals surface area contributed by atoms with E-state index >= 15 is 0 Å². The number of rotatable bonds is 2. The molecule has 0 aromatic rings. The number of hydrogen-bond acceptors (Lipinski definition) is 2. The molecule has 2 bridgehead atoms. The largest absolute Gasteiger partial charge is 0.329 e. The van der Waals surface area contributed by atoms with Crippen LogP contribution in [0.15, 0.2) is 0 Å². The number of fused-ring (bicyclic) bond motifs is 2. The first-order chi connectivity index (χ1) is 7.40. The van der Waals surface area contributed by atoms with Crippen molar-refractivity contribution in [3.8, 4) is 0 Å². The van der Waals surface area contributed by atoms with Gasteiger partial charge in [0.25, 0.3) is 0 Å². The fraction of sp³-hybridized carbons (Fsp3) is 1.00. The van der Waals surface area contributed by atoms with E-state index in [1.165, 1.54) is 51.4 Å². The van der Waals surface area contributed by atoms with Crippen LogP contribution in [0.1, 0.15) is 51.4 Å². The van der Waals surface area contributed by atoms with E-state index in [1.54, 1.807) is 0 Å². The van der Waals surface area contributed by atoms with Gasteiger partial charge < -0.3 is 5.73 Å². The van der Waals surface area contributed by atoms with E-state index in [1.807, 2.05) is 0 Å². The van der Waals surface area contributed by atoms with E-state index in [-0.39, 0.29) is 0 Å². The van der Waals surface area contributed by atoms with Crippen molar-refractivity contribution in [2.75, 3.05) is 6.54 Å². The summed E-state index contributed by atoms with van der Waals surface area (Å²) in [7, 11) is 0. The summed E-state index contributed by atoms with van der Waals surface area (Å²) in [6, 6.07) is 2.54. The summed E-state index contributed by atoms with van der Waals surface area (Å²) in [6.07, 6.45) is 11.6. The Morgan fingerprint density at radius 2 is 1.73 bits per heavy atom. The van der Waals surface area contributed by atoms with Crippen LogP contribution in [0.2, 0.25) is 0 Å². The summed E-state index contributed by atoms with van der Waals surface area (Å²) >= 11 is 0. The highest BCUT2D eigenvalue weighted by molar-refractivity contribution is 5.02. The number of piperidine rings is 1. The predicted molar refractivity (Wildman–Crippen MR) is 62.7 cm³/mol. The second-order valence-electron chi connectivity index (χ2n) is 5.77. The van der Waals surface area contributed by atoms with Gasteiger partial charge in [0.2, 0.25) is 0 Å². The highest BCUT2D eigenvalue weighted by atomic mass is 15.3. The smallest absolute Gasteiger partial charge is 0.0253 e. The van der Waals surface area contributed by atoms with Gasteiger partial charge in [-0.05, 0) is 38.0 Å². The van der Waals surface area contributed by atoms with Crippen LogP contribution in [0.25, 0.3) is 0 Å². The molecule has 3 atom stereocenters. The quantitative estimate of drug-likeness (QED) is 0.753. The molecule has 3 aliphatic rings. The average molecular weight is 208 g/mol. The monoisotopic (exact) mass is 208 g/mol.